The quantitative estimate of drug-likeness (QED) is 0.478. The summed E-state index contributed by atoms with van der Waals surface area (Å²) in [7, 11) is 4.26. The second-order valence-electron chi connectivity index (χ2n) is 6.95. The Bertz CT molecular complexity index is 726. The molecule has 2 aliphatic carbocycles. The lowest BCUT2D eigenvalue weighted by molar-refractivity contribution is -0.210. The van der Waals surface area contributed by atoms with Crippen LogP contribution in [0.15, 0.2) is 11.3 Å². The molecule has 10 heteroatoms. The lowest BCUT2D eigenvalue weighted by atomic mass is 9.50. The molecule has 0 heterocycles. The molecule has 28 heavy (non-hydrogen) atoms. The van der Waals surface area contributed by atoms with E-state index in [1.807, 2.05) is 0 Å². The molecule has 0 amide bonds. The summed E-state index contributed by atoms with van der Waals surface area (Å²) in [5, 5.41) is 22.4. The number of aliphatic hydroxyl groups excluding tert-OH is 1. The lowest BCUT2D eigenvalue weighted by Crippen LogP contribution is -2.68. The van der Waals surface area contributed by atoms with Crippen LogP contribution >= 0.6 is 0 Å². The van der Waals surface area contributed by atoms with Crippen molar-refractivity contribution in [2.24, 2.45) is 29.6 Å². The van der Waals surface area contributed by atoms with Gasteiger partial charge in [0, 0.05) is 5.92 Å². The largest absolute Gasteiger partial charge is 0.511 e. The Morgan fingerprint density at radius 2 is 1.46 bits per heavy atom. The molecule has 156 valence electrons. The maximum absolute atomic E-state index is 12.7. The average Bonchev–Trinajstić information content (AvgIpc) is 2.68. The van der Waals surface area contributed by atoms with E-state index in [2.05, 4.69) is 4.74 Å². The van der Waals surface area contributed by atoms with Gasteiger partial charge >= 0.3 is 23.9 Å². The van der Waals surface area contributed by atoms with E-state index in [4.69, 9.17) is 14.2 Å². The van der Waals surface area contributed by atoms with Crippen LogP contribution in [0.5, 0.6) is 0 Å². The van der Waals surface area contributed by atoms with Gasteiger partial charge in [0.15, 0.2) is 0 Å². The minimum Gasteiger partial charge on any atom is -0.511 e. The minimum absolute atomic E-state index is 0.0113. The summed E-state index contributed by atoms with van der Waals surface area (Å²) in [5.74, 6) is -11.0. The van der Waals surface area contributed by atoms with Gasteiger partial charge in [0.2, 0.25) is 0 Å². The zero-order chi connectivity index (χ0) is 21.4. The van der Waals surface area contributed by atoms with Crippen molar-refractivity contribution >= 4 is 23.9 Å². The lowest BCUT2D eigenvalue weighted by Gasteiger charge is -2.54. The highest BCUT2D eigenvalue weighted by Gasteiger charge is 2.70. The first-order chi connectivity index (χ1) is 13.1. The van der Waals surface area contributed by atoms with E-state index in [9.17, 15) is 29.4 Å². The molecule has 0 aromatic carbocycles. The Labute approximate surface area is 161 Å². The third-order valence-corrected chi connectivity index (χ3v) is 5.76. The van der Waals surface area contributed by atoms with Crippen LogP contribution in [0.25, 0.3) is 0 Å². The number of hydrogen-bond donors (Lipinski definition) is 2. The van der Waals surface area contributed by atoms with Gasteiger partial charge in [-0.3, -0.25) is 14.4 Å². The van der Waals surface area contributed by atoms with Crippen LogP contribution in [-0.2, 0) is 38.1 Å². The van der Waals surface area contributed by atoms with Gasteiger partial charge in [-0.05, 0) is 12.3 Å². The van der Waals surface area contributed by atoms with Crippen molar-refractivity contribution in [3.05, 3.63) is 11.3 Å². The van der Waals surface area contributed by atoms with Crippen LogP contribution in [-0.4, -0.2) is 68.1 Å². The van der Waals surface area contributed by atoms with Crippen molar-refractivity contribution in [3.63, 3.8) is 0 Å². The van der Waals surface area contributed by atoms with E-state index < -0.39 is 64.8 Å². The summed E-state index contributed by atoms with van der Waals surface area (Å²) in [4.78, 5) is 50.0. The first-order valence-electron chi connectivity index (χ1n) is 8.58. The van der Waals surface area contributed by atoms with Gasteiger partial charge in [-0.25, -0.2) is 4.79 Å². The van der Waals surface area contributed by atoms with Crippen LogP contribution in [0.2, 0.25) is 0 Å². The first-order valence-corrected chi connectivity index (χ1v) is 8.58. The predicted octanol–water partition coefficient (Wildman–Crippen LogP) is -0.260. The van der Waals surface area contributed by atoms with Crippen LogP contribution in [0.1, 0.15) is 13.3 Å². The molecule has 0 aliphatic heterocycles. The average molecular weight is 400 g/mol. The maximum Gasteiger partial charge on any atom is 0.337 e. The second kappa shape index (κ2) is 7.78. The van der Waals surface area contributed by atoms with Crippen molar-refractivity contribution in [1.29, 1.82) is 0 Å². The minimum atomic E-state index is -2.42. The molecule has 0 radical (unpaired) electrons. The Kier molecular flexibility index (Phi) is 6.03. The van der Waals surface area contributed by atoms with Gasteiger partial charge in [0.25, 0.3) is 0 Å². The topological polar surface area (TPSA) is 146 Å². The number of carbonyl (C=O) groups excluding carboxylic acids is 4. The molecular weight excluding hydrogens is 376 g/mol. The van der Waals surface area contributed by atoms with Crippen molar-refractivity contribution < 1.29 is 48.3 Å². The molecule has 10 nitrogen and oxygen atoms in total. The number of ether oxygens (including phenoxy) is 4. The molecule has 6 atom stereocenters. The van der Waals surface area contributed by atoms with Gasteiger partial charge in [0.05, 0.1) is 45.8 Å². The summed E-state index contributed by atoms with van der Waals surface area (Å²) >= 11 is 0. The summed E-state index contributed by atoms with van der Waals surface area (Å²) < 4.78 is 19.0. The Hall–Kier alpha value is -2.62. The van der Waals surface area contributed by atoms with Gasteiger partial charge in [-0.2, -0.15) is 0 Å². The zero-order valence-electron chi connectivity index (χ0n) is 16.3. The fourth-order valence-corrected chi connectivity index (χ4v) is 4.58. The highest BCUT2D eigenvalue weighted by Crippen LogP contribution is 2.57. The molecule has 2 rings (SSSR count). The summed E-state index contributed by atoms with van der Waals surface area (Å²) in [5.41, 5.74) is -2.75. The van der Waals surface area contributed by atoms with Crippen LogP contribution in [0, 0.1) is 29.6 Å². The number of fused-ring (bicyclic) bond motifs is 2. The van der Waals surface area contributed by atoms with Gasteiger partial charge < -0.3 is 29.2 Å². The fraction of sp³-hybridized carbons (Fsp3) is 0.667. The Balaban J connectivity index is 2.89. The predicted molar refractivity (Wildman–Crippen MR) is 90.4 cm³/mol. The van der Waals surface area contributed by atoms with Gasteiger partial charge in [-0.15, -0.1) is 0 Å². The SMILES string of the molecule is COC(=O)C1=C(O)[C@H](C(=O)OC)[C@@]2(O)[C@@H](C(=O)OC)C[C@@H](C)[C@@H]1[C@@H]2C(=O)OC. The highest BCUT2D eigenvalue weighted by molar-refractivity contribution is 5.95. The first kappa shape index (κ1) is 21.7. The Morgan fingerprint density at radius 3 is 1.93 bits per heavy atom. The van der Waals surface area contributed by atoms with Crippen molar-refractivity contribution in [1.82, 2.24) is 0 Å². The molecule has 1 fully saturated rings. The molecule has 2 bridgehead atoms. The van der Waals surface area contributed by atoms with Gasteiger partial charge in [0.1, 0.15) is 17.3 Å². The number of esters is 4. The smallest absolute Gasteiger partial charge is 0.337 e. The van der Waals surface area contributed by atoms with Crippen LogP contribution in [0.4, 0.5) is 0 Å². The van der Waals surface area contributed by atoms with Crippen molar-refractivity contribution in [2.75, 3.05) is 28.4 Å². The molecule has 2 N–H and O–H groups in total. The molecular formula is C18H24O10. The van der Waals surface area contributed by atoms with E-state index >= 15 is 0 Å². The highest BCUT2D eigenvalue weighted by atomic mass is 16.5. The molecule has 0 aromatic rings. The van der Waals surface area contributed by atoms with Crippen LogP contribution in [0.3, 0.4) is 0 Å². The second-order valence-corrected chi connectivity index (χ2v) is 6.95. The molecule has 0 spiro atoms. The molecule has 0 unspecified atom stereocenters. The summed E-state index contributed by atoms with van der Waals surface area (Å²) in [6.45, 7) is 1.64. The zero-order valence-corrected chi connectivity index (χ0v) is 16.3. The summed E-state index contributed by atoms with van der Waals surface area (Å²) in [6, 6.07) is 0. The summed E-state index contributed by atoms with van der Waals surface area (Å²) in [6.07, 6.45) is -0.0113. The molecule has 0 saturated heterocycles. The Morgan fingerprint density at radius 1 is 0.929 bits per heavy atom. The van der Waals surface area contributed by atoms with E-state index in [-0.39, 0.29) is 12.0 Å². The van der Waals surface area contributed by atoms with Crippen molar-refractivity contribution in [3.8, 4) is 0 Å². The van der Waals surface area contributed by atoms with E-state index in [0.717, 1.165) is 28.4 Å². The fourth-order valence-electron chi connectivity index (χ4n) is 4.58. The van der Waals surface area contributed by atoms with E-state index in [0.29, 0.717) is 0 Å². The maximum atomic E-state index is 12.7. The monoisotopic (exact) mass is 400 g/mol. The standard InChI is InChI=1S/C18H24O10/c1-7-6-8(14(20)25-2)18(24)11(16(22)27-4)9(7)10(15(21)26-3)13(19)12(18)17(23)28-5/h7-9,11-12,19,24H,6H2,1-5H3/t7-,8-,9+,11-,12-,18-/m1/s1. The normalized spacial score (nSPS) is 34.3. The van der Waals surface area contributed by atoms with Crippen LogP contribution < -0.4 is 0 Å². The van der Waals surface area contributed by atoms with E-state index in [1.54, 1.807) is 6.92 Å². The third kappa shape index (κ3) is 2.92. The number of methoxy groups -OCH3 is 4. The number of hydrogen-bond acceptors (Lipinski definition) is 10. The van der Waals surface area contributed by atoms with Crippen molar-refractivity contribution in [2.45, 2.75) is 18.9 Å². The number of carbonyl (C=O) groups is 4. The number of aliphatic hydroxyl groups is 2. The van der Waals surface area contributed by atoms with Gasteiger partial charge in [-0.1, -0.05) is 6.92 Å². The molecule has 0 aromatic heterocycles. The van der Waals surface area contributed by atoms with E-state index in [1.165, 1.54) is 0 Å². The molecule has 2 aliphatic rings. The third-order valence-electron chi connectivity index (χ3n) is 5.76. The number of rotatable bonds is 4. The molecule has 1 saturated carbocycles.